The molecule has 1 aromatic heterocycles. The van der Waals surface area contributed by atoms with E-state index in [0.29, 0.717) is 5.92 Å². The van der Waals surface area contributed by atoms with Crippen molar-refractivity contribution in [1.29, 1.82) is 0 Å². The van der Waals surface area contributed by atoms with Gasteiger partial charge in [-0.25, -0.2) is 0 Å². The van der Waals surface area contributed by atoms with Gasteiger partial charge in [0, 0.05) is 4.88 Å². The van der Waals surface area contributed by atoms with E-state index in [0.717, 1.165) is 17.2 Å². The van der Waals surface area contributed by atoms with E-state index in [4.69, 9.17) is 23.2 Å². The number of rotatable bonds is 1. The Hall–Kier alpha value is 0.0200. The number of thiophene rings is 1. The summed E-state index contributed by atoms with van der Waals surface area (Å²) in [6, 6.07) is 4.03. The maximum absolute atomic E-state index is 6.16. The summed E-state index contributed by atoms with van der Waals surface area (Å²) < 4.78 is 0.852. The van der Waals surface area contributed by atoms with Gasteiger partial charge in [0.1, 0.15) is 0 Å². The molecule has 2 rings (SSSR count). The van der Waals surface area contributed by atoms with Gasteiger partial charge in [-0.1, -0.05) is 24.6 Å². The maximum atomic E-state index is 6.16. The molecule has 0 aliphatic heterocycles. The van der Waals surface area contributed by atoms with E-state index in [-0.39, 0.29) is 5.38 Å². The summed E-state index contributed by atoms with van der Waals surface area (Å²) in [5.41, 5.74) is 1.36. The van der Waals surface area contributed by atoms with Gasteiger partial charge in [0.05, 0.1) is 9.71 Å². The summed E-state index contributed by atoms with van der Waals surface area (Å²) in [7, 11) is 0. The zero-order chi connectivity index (χ0) is 10.1. The second-order valence-electron chi connectivity index (χ2n) is 3.86. The SMILES string of the molecule is CC1CC(c2ccc(Cl)s2)=CC(Cl)C1. The van der Waals surface area contributed by atoms with Gasteiger partial charge in [0.25, 0.3) is 0 Å². The molecule has 0 bridgehead atoms. The van der Waals surface area contributed by atoms with Crippen LogP contribution in [0.3, 0.4) is 0 Å². The molecule has 0 fully saturated rings. The summed E-state index contributed by atoms with van der Waals surface area (Å²) in [5.74, 6) is 0.679. The predicted octanol–water partition coefficient (Wildman–Crippen LogP) is 4.82. The van der Waals surface area contributed by atoms with Crippen molar-refractivity contribution in [2.45, 2.75) is 25.1 Å². The first-order valence-corrected chi connectivity index (χ1v) is 6.38. The Bertz CT molecular complexity index is 354. The van der Waals surface area contributed by atoms with Gasteiger partial charge in [-0.05, 0) is 36.5 Å². The molecule has 0 spiro atoms. The molecular weight excluding hydrogens is 235 g/mol. The van der Waals surface area contributed by atoms with Crippen LogP contribution in [0.5, 0.6) is 0 Å². The van der Waals surface area contributed by atoms with Gasteiger partial charge in [0.15, 0.2) is 0 Å². The average molecular weight is 247 g/mol. The van der Waals surface area contributed by atoms with Gasteiger partial charge < -0.3 is 0 Å². The predicted molar refractivity (Wildman–Crippen MR) is 65.3 cm³/mol. The fourth-order valence-electron chi connectivity index (χ4n) is 1.87. The van der Waals surface area contributed by atoms with Gasteiger partial charge in [-0.2, -0.15) is 0 Å². The highest BCUT2D eigenvalue weighted by molar-refractivity contribution is 7.17. The molecule has 0 saturated heterocycles. The third kappa shape index (κ3) is 2.33. The van der Waals surface area contributed by atoms with Gasteiger partial charge in [0.2, 0.25) is 0 Å². The molecule has 0 nitrogen and oxygen atoms in total. The smallest absolute Gasteiger partial charge is 0.0934 e. The van der Waals surface area contributed by atoms with E-state index in [9.17, 15) is 0 Å². The lowest BCUT2D eigenvalue weighted by Crippen LogP contribution is -2.10. The molecule has 1 aliphatic rings. The molecule has 2 unspecified atom stereocenters. The zero-order valence-corrected chi connectivity index (χ0v) is 10.3. The number of allylic oxidation sites excluding steroid dienone is 2. The van der Waals surface area contributed by atoms with Gasteiger partial charge in [-0.3, -0.25) is 0 Å². The van der Waals surface area contributed by atoms with E-state index in [1.165, 1.54) is 10.5 Å². The topological polar surface area (TPSA) is 0 Å². The van der Waals surface area contributed by atoms with Crippen LogP contribution in [0, 0.1) is 5.92 Å². The highest BCUT2D eigenvalue weighted by atomic mass is 35.5. The van der Waals surface area contributed by atoms with Crippen molar-refractivity contribution in [2.24, 2.45) is 5.92 Å². The van der Waals surface area contributed by atoms with Crippen molar-refractivity contribution in [3.05, 3.63) is 27.4 Å². The molecule has 2 atom stereocenters. The molecule has 0 aromatic carbocycles. The highest BCUT2D eigenvalue weighted by Gasteiger charge is 2.19. The van der Waals surface area contributed by atoms with Crippen molar-refractivity contribution in [2.75, 3.05) is 0 Å². The monoisotopic (exact) mass is 246 g/mol. The second kappa shape index (κ2) is 4.26. The molecule has 1 aliphatic carbocycles. The van der Waals surface area contributed by atoms with Crippen LogP contribution < -0.4 is 0 Å². The Labute approximate surface area is 98.5 Å². The van der Waals surface area contributed by atoms with Crippen molar-refractivity contribution in [3.8, 4) is 0 Å². The average Bonchev–Trinajstić information content (AvgIpc) is 2.50. The fraction of sp³-hybridized carbons (Fsp3) is 0.455. The minimum absolute atomic E-state index is 0.189. The van der Waals surface area contributed by atoms with Gasteiger partial charge >= 0.3 is 0 Å². The van der Waals surface area contributed by atoms with Crippen LogP contribution >= 0.6 is 34.5 Å². The summed E-state index contributed by atoms with van der Waals surface area (Å²) in [5, 5.41) is 0.189. The second-order valence-corrected chi connectivity index (χ2v) is 6.13. The van der Waals surface area contributed by atoms with E-state index in [2.05, 4.69) is 19.1 Å². The minimum Gasteiger partial charge on any atom is -0.124 e. The van der Waals surface area contributed by atoms with Crippen molar-refractivity contribution in [3.63, 3.8) is 0 Å². The lowest BCUT2D eigenvalue weighted by Gasteiger charge is -2.21. The number of hydrogen-bond acceptors (Lipinski definition) is 1. The van der Waals surface area contributed by atoms with E-state index >= 15 is 0 Å². The Balaban J connectivity index is 2.25. The molecule has 0 radical (unpaired) electrons. The molecule has 1 heterocycles. The molecule has 1 aromatic rings. The standard InChI is InChI=1S/C11H12Cl2S/c1-7-4-8(6-9(12)5-7)10-2-3-11(13)14-10/h2-3,6-7,9H,4-5H2,1H3. The first-order valence-electron chi connectivity index (χ1n) is 4.75. The number of alkyl halides is 1. The van der Waals surface area contributed by atoms with Crippen molar-refractivity contribution >= 4 is 40.1 Å². The third-order valence-corrected chi connectivity index (χ3v) is 4.08. The fourth-order valence-corrected chi connectivity index (χ4v) is 3.40. The molecule has 3 heteroatoms. The quantitative estimate of drug-likeness (QED) is 0.624. The zero-order valence-electron chi connectivity index (χ0n) is 7.97. The third-order valence-electron chi connectivity index (χ3n) is 2.47. The van der Waals surface area contributed by atoms with Crippen LogP contribution in [0.1, 0.15) is 24.6 Å². The van der Waals surface area contributed by atoms with E-state index < -0.39 is 0 Å². The van der Waals surface area contributed by atoms with E-state index in [1.54, 1.807) is 11.3 Å². The number of hydrogen-bond donors (Lipinski definition) is 0. The minimum atomic E-state index is 0.189. The maximum Gasteiger partial charge on any atom is 0.0934 e. The van der Waals surface area contributed by atoms with E-state index in [1.807, 2.05) is 6.07 Å². The first kappa shape index (κ1) is 10.5. The van der Waals surface area contributed by atoms with Crippen molar-refractivity contribution in [1.82, 2.24) is 0 Å². The Morgan fingerprint density at radius 2 is 2.21 bits per heavy atom. The van der Waals surface area contributed by atoms with Crippen LogP contribution in [0.2, 0.25) is 4.34 Å². The van der Waals surface area contributed by atoms with Crippen LogP contribution in [0.4, 0.5) is 0 Å². The Morgan fingerprint density at radius 1 is 1.43 bits per heavy atom. The molecule has 0 N–H and O–H groups in total. The summed E-state index contributed by atoms with van der Waals surface area (Å²) in [6.07, 6.45) is 4.38. The largest absolute Gasteiger partial charge is 0.124 e. The Morgan fingerprint density at radius 3 is 2.79 bits per heavy atom. The lowest BCUT2D eigenvalue weighted by molar-refractivity contribution is 0.541. The summed E-state index contributed by atoms with van der Waals surface area (Å²) in [6.45, 7) is 2.25. The molecule has 0 amide bonds. The van der Waals surface area contributed by atoms with Crippen LogP contribution in [-0.2, 0) is 0 Å². The lowest BCUT2D eigenvalue weighted by atomic mass is 9.89. The number of halogens is 2. The first-order chi connectivity index (χ1) is 6.65. The Kier molecular flexibility index (Phi) is 3.20. The van der Waals surface area contributed by atoms with Crippen molar-refractivity contribution < 1.29 is 0 Å². The van der Waals surface area contributed by atoms with Crippen LogP contribution in [-0.4, -0.2) is 5.38 Å². The summed E-state index contributed by atoms with van der Waals surface area (Å²) >= 11 is 13.7. The van der Waals surface area contributed by atoms with Gasteiger partial charge in [-0.15, -0.1) is 22.9 Å². The molecular formula is C11H12Cl2S. The molecule has 14 heavy (non-hydrogen) atoms. The normalized spacial score (nSPS) is 27.5. The van der Waals surface area contributed by atoms with Crippen LogP contribution in [0.25, 0.3) is 5.57 Å². The molecule has 0 saturated carbocycles. The highest BCUT2D eigenvalue weighted by Crippen LogP contribution is 2.36. The summed E-state index contributed by atoms with van der Waals surface area (Å²) in [4.78, 5) is 1.27. The molecule has 76 valence electrons. The van der Waals surface area contributed by atoms with Crippen LogP contribution in [0.15, 0.2) is 18.2 Å².